The van der Waals surface area contributed by atoms with E-state index in [-0.39, 0.29) is 11.9 Å². The summed E-state index contributed by atoms with van der Waals surface area (Å²) in [4.78, 5) is 16.1. The Labute approximate surface area is 111 Å². The molecule has 0 spiro atoms. The summed E-state index contributed by atoms with van der Waals surface area (Å²) in [5, 5.41) is 6.89. The van der Waals surface area contributed by atoms with Gasteiger partial charge in [0.2, 0.25) is 11.8 Å². The van der Waals surface area contributed by atoms with Crippen LogP contribution in [0, 0.1) is 0 Å². The molecule has 0 aliphatic carbocycles. The molecular weight excluding hydrogens is 244 g/mol. The van der Waals surface area contributed by atoms with Gasteiger partial charge in [-0.1, -0.05) is 6.07 Å². The highest BCUT2D eigenvalue weighted by Crippen LogP contribution is 2.13. The van der Waals surface area contributed by atoms with E-state index in [9.17, 15) is 4.79 Å². The zero-order valence-corrected chi connectivity index (χ0v) is 10.9. The first-order valence-electron chi connectivity index (χ1n) is 5.97. The van der Waals surface area contributed by atoms with Gasteiger partial charge in [0.1, 0.15) is 6.04 Å². The van der Waals surface area contributed by atoms with Gasteiger partial charge in [-0.2, -0.15) is 5.10 Å². The van der Waals surface area contributed by atoms with Crippen LogP contribution in [0.15, 0.2) is 36.8 Å². The molecule has 0 saturated heterocycles. The van der Waals surface area contributed by atoms with Gasteiger partial charge < -0.3 is 10.1 Å². The number of amides is 1. The number of nitrogens with zero attached hydrogens (tertiary/aromatic N) is 3. The van der Waals surface area contributed by atoms with Gasteiger partial charge in [0.05, 0.1) is 7.11 Å². The molecule has 0 radical (unpaired) electrons. The third-order valence-electron chi connectivity index (χ3n) is 2.80. The molecule has 19 heavy (non-hydrogen) atoms. The van der Waals surface area contributed by atoms with E-state index in [0.717, 1.165) is 5.56 Å². The minimum atomic E-state index is -0.349. The first-order chi connectivity index (χ1) is 9.22. The Morgan fingerprint density at radius 1 is 1.47 bits per heavy atom. The van der Waals surface area contributed by atoms with Gasteiger partial charge in [0, 0.05) is 30.7 Å². The van der Waals surface area contributed by atoms with E-state index < -0.39 is 0 Å². The van der Waals surface area contributed by atoms with Crippen LogP contribution in [0.1, 0.15) is 18.5 Å². The van der Waals surface area contributed by atoms with Crippen LogP contribution in [-0.4, -0.2) is 27.8 Å². The minimum absolute atomic E-state index is 0.102. The molecule has 2 aromatic rings. The number of aromatic nitrogens is 3. The first-order valence-corrected chi connectivity index (χ1v) is 5.97. The summed E-state index contributed by atoms with van der Waals surface area (Å²) in [5.41, 5.74) is 0.839. The lowest BCUT2D eigenvalue weighted by Crippen LogP contribution is -2.31. The second-order valence-electron chi connectivity index (χ2n) is 4.05. The maximum atomic E-state index is 12.0. The summed E-state index contributed by atoms with van der Waals surface area (Å²) in [6, 6.07) is 5.11. The summed E-state index contributed by atoms with van der Waals surface area (Å²) >= 11 is 0. The van der Waals surface area contributed by atoms with E-state index in [4.69, 9.17) is 4.74 Å². The Bertz CT molecular complexity index is 539. The zero-order valence-electron chi connectivity index (χ0n) is 10.9. The summed E-state index contributed by atoms with van der Waals surface area (Å²) in [7, 11) is 1.56. The average Bonchev–Trinajstić information content (AvgIpc) is 2.98. The van der Waals surface area contributed by atoms with Crippen molar-refractivity contribution >= 4 is 5.91 Å². The van der Waals surface area contributed by atoms with E-state index >= 15 is 0 Å². The van der Waals surface area contributed by atoms with Crippen LogP contribution >= 0.6 is 0 Å². The number of methoxy groups -OCH3 is 1. The highest BCUT2D eigenvalue weighted by Gasteiger charge is 2.15. The van der Waals surface area contributed by atoms with Gasteiger partial charge >= 0.3 is 0 Å². The standard InChI is InChI=1S/C13H16N4O2/c1-10(17-8-4-7-16-17)12(18)15-9-11-5-3-6-14-13(11)19-2/h3-8,10H,9H2,1-2H3,(H,15,18). The molecule has 0 bridgehead atoms. The topological polar surface area (TPSA) is 69.0 Å². The number of carbonyl (C=O) groups is 1. The van der Waals surface area contributed by atoms with Gasteiger partial charge in [0.25, 0.3) is 0 Å². The summed E-state index contributed by atoms with van der Waals surface area (Å²) in [6.45, 7) is 2.17. The van der Waals surface area contributed by atoms with Crippen molar-refractivity contribution in [1.82, 2.24) is 20.1 Å². The predicted octanol–water partition coefficient (Wildman–Crippen LogP) is 1.16. The number of carbonyl (C=O) groups excluding carboxylic acids is 1. The fraction of sp³-hybridized carbons (Fsp3) is 0.308. The lowest BCUT2D eigenvalue weighted by atomic mass is 10.2. The Balaban J connectivity index is 1.97. The largest absolute Gasteiger partial charge is 0.481 e. The highest BCUT2D eigenvalue weighted by molar-refractivity contribution is 5.79. The molecule has 2 rings (SSSR count). The number of hydrogen-bond donors (Lipinski definition) is 1. The second-order valence-corrected chi connectivity index (χ2v) is 4.05. The second kappa shape index (κ2) is 5.99. The molecule has 1 unspecified atom stereocenters. The average molecular weight is 260 g/mol. The molecule has 0 saturated carbocycles. The molecule has 2 aromatic heterocycles. The number of rotatable bonds is 5. The molecule has 0 aliphatic rings. The fourth-order valence-electron chi connectivity index (χ4n) is 1.70. The van der Waals surface area contributed by atoms with Gasteiger partial charge in [0.15, 0.2) is 0 Å². The van der Waals surface area contributed by atoms with E-state index in [1.54, 1.807) is 49.4 Å². The van der Waals surface area contributed by atoms with E-state index in [1.807, 2.05) is 6.07 Å². The Morgan fingerprint density at radius 3 is 3.00 bits per heavy atom. The Kier molecular flexibility index (Phi) is 4.12. The van der Waals surface area contributed by atoms with Crippen LogP contribution in [0.3, 0.4) is 0 Å². The lowest BCUT2D eigenvalue weighted by molar-refractivity contribution is -0.124. The third-order valence-corrected chi connectivity index (χ3v) is 2.80. The Hall–Kier alpha value is -2.37. The van der Waals surface area contributed by atoms with Crippen molar-refractivity contribution in [3.63, 3.8) is 0 Å². The van der Waals surface area contributed by atoms with Crippen molar-refractivity contribution in [1.29, 1.82) is 0 Å². The number of ether oxygens (including phenoxy) is 1. The molecule has 0 aromatic carbocycles. The van der Waals surface area contributed by atoms with E-state index in [0.29, 0.717) is 12.4 Å². The van der Waals surface area contributed by atoms with Gasteiger partial charge in [-0.05, 0) is 19.1 Å². The summed E-state index contributed by atoms with van der Waals surface area (Å²) in [5.74, 6) is 0.421. The molecule has 1 atom stereocenters. The van der Waals surface area contributed by atoms with Crippen LogP contribution in [0.4, 0.5) is 0 Å². The number of nitrogens with one attached hydrogen (secondary N) is 1. The molecule has 100 valence electrons. The zero-order chi connectivity index (χ0) is 13.7. The van der Waals surface area contributed by atoms with E-state index in [2.05, 4.69) is 15.4 Å². The summed E-state index contributed by atoms with van der Waals surface area (Å²) in [6.07, 6.45) is 5.05. The first kappa shape index (κ1) is 13.1. The van der Waals surface area contributed by atoms with Crippen molar-refractivity contribution in [2.75, 3.05) is 7.11 Å². The molecule has 2 heterocycles. The molecular formula is C13H16N4O2. The number of pyridine rings is 1. The lowest BCUT2D eigenvalue weighted by Gasteiger charge is -2.13. The fourth-order valence-corrected chi connectivity index (χ4v) is 1.70. The van der Waals surface area contributed by atoms with Gasteiger partial charge in [-0.3, -0.25) is 9.48 Å². The smallest absolute Gasteiger partial charge is 0.244 e. The SMILES string of the molecule is COc1ncccc1CNC(=O)C(C)n1cccn1. The monoisotopic (exact) mass is 260 g/mol. The molecule has 0 aliphatic heterocycles. The molecule has 1 N–H and O–H groups in total. The van der Waals surface area contributed by atoms with E-state index in [1.165, 1.54) is 0 Å². The van der Waals surface area contributed by atoms with Crippen LogP contribution in [0.25, 0.3) is 0 Å². The molecule has 0 fully saturated rings. The predicted molar refractivity (Wildman–Crippen MR) is 69.6 cm³/mol. The maximum Gasteiger partial charge on any atom is 0.244 e. The summed E-state index contributed by atoms with van der Waals surface area (Å²) < 4.78 is 6.74. The molecule has 6 heteroatoms. The van der Waals surface area contributed by atoms with Crippen LogP contribution < -0.4 is 10.1 Å². The van der Waals surface area contributed by atoms with Crippen molar-refractivity contribution < 1.29 is 9.53 Å². The van der Waals surface area contributed by atoms with Crippen molar-refractivity contribution in [2.24, 2.45) is 0 Å². The van der Waals surface area contributed by atoms with Gasteiger partial charge in [-0.15, -0.1) is 0 Å². The Morgan fingerprint density at radius 2 is 2.32 bits per heavy atom. The van der Waals surface area contributed by atoms with Crippen molar-refractivity contribution in [3.05, 3.63) is 42.4 Å². The van der Waals surface area contributed by atoms with Crippen LogP contribution in [0.5, 0.6) is 5.88 Å². The normalized spacial score (nSPS) is 11.9. The minimum Gasteiger partial charge on any atom is -0.481 e. The molecule has 1 amide bonds. The quantitative estimate of drug-likeness (QED) is 0.876. The van der Waals surface area contributed by atoms with Crippen LogP contribution in [0.2, 0.25) is 0 Å². The number of hydrogen-bond acceptors (Lipinski definition) is 4. The van der Waals surface area contributed by atoms with Crippen molar-refractivity contribution in [2.45, 2.75) is 19.5 Å². The van der Waals surface area contributed by atoms with Crippen molar-refractivity contribution in [3.8, 4) is 5.88 Å². The van der Waals surface area contributed by atoms with Crippen LogP contribution in [-0.2, 0) is 11.3 Å². The molecule has 6 nitrogen and oxygen atoms in total. The third kappa shape index (κ3) is 3.09. The van der Waals surface area contributed by atoms with Gasteiger partial charge in [-0.25, -0.2) is 4.98 Å². The highest BCUT2D eigenvalue weighted by atomic mass is 16.5. The maximum absolute atomic E-state index is 12.0.